The van der Waals surface area contributed by atoms with Gasteiger partial charge in [0.05, 0.1) is 12.0 Å². The molecule has 1 saturated carbocycles. The first-order valence-electron chi connectivity index (χ1n) is 12.2. The number of carboxylic acid groups (broad SMARTS) is 1. The first-order valence-corrected chi connectivity index (χ1v) is 12.2. The molecule has 3 atom stereocenters. The Morgan fingerprint density at radius 3 is 2.26 bits per heavy atom. The molecule has 2 unspecified atom stereocenters. The monoisotopic (exact) mass is 478 g/mol. The van der Waals surface area contributed by atoms with E-state index in [2.05, 4.69) is 29.6 Å². The second-order valence-corrected chi connectivity index (χ2v) is 9.82. The molecule has 1 aliphatic heterocycles. The molecule has 1 heterocycles. The van der Waals surface area contributed by atoms with E-state index in [1.807, 2.05) is 24.3 Å². The van der Waals surface area contributed by atoms with Crippen LogP contribution in [0.1, 0.15) is 42.7 Å². The van der Waals surface area contributed by atoms with E-state index in [0.717, 1.165) is 35.1 Å². The van der Waals surface area contributed by atoms with E-state index in [9.17, 15) is 24.6 Å². The third-order valence-corrected chi connectivity index (χ3v) is 7.35. The van der Waals surface area contributed by atoms with Crippen molar-refractivity contribution in [2.24, 2.45) is 11.8 Å². The summed E-state index contributed by atoms with van der Waals surface area (Å²) >= 11 is 0. The molecule has 3 N–H and O–H groups in total. The predicted molar refractivity (Wildman–Crippen MR) is 128 cm³/mol. The van der Waals surface area contributed by atoms with Crippen molar-refractivity contribution in [2.45, 2.75) is 43.7 Å². The van der Waals surface area contributed by atoms with Crippen molar-refractivity contribution < 1.29 is 29.3 Å². The Hall–Kier alpha value is -3.39. The molecule has 8 heteroatoms. The van der Waals surface area contributed by atoms with Gasteiger partial charge in [-0.2, -0.15) is 0 Å². The zero-order valence-electron chi connectivity index (χ0n) is 19.4. The smallest absolute Gasteiger partial charge is 0.407 e. The van der Waals surface area contributed by atoms with E-state index < -0.39 is 30.1 Å². The van der Waals surface area contributed by atoms with Crippen LogP contribution in [0.3, 0.4) is 0 Å². The fourth-order valence-corrected chi connectivity index (χ4v) is 5.41. The van der Waals surface area contributed by atoms with Gasteiger partial charge in [-0.3, -0.25) is 4.79 Å². The van der Waals surface area contributed by atoms with Crippen molar-refractivity contribution in [1.82, 2.24) is 10.2 Å². The third kappa shape index (κ3) is 4.89. The average molecular weight is 479 g/mol. The number of carbonyl (C=O) groups is 3. The average Bonchev–Trinajstić information content (AvgIpc) is 3.50. The number of aliphatic hydroxyl groups excluding tert-OH is 1. The fourth-order valence-electron chi connectivity index (χ4n) is 5.41. The van der Waals surface area contributed by atoms with Crippen LogP contribution in [0.15, 0.2) is 48.5 Å². The highest BCUT2D eigenvalue weighted by molar-refractivity contribution is 5.86. The molecule has 1 saturated heterocycles. The van der Waals surface area contributed by atoms with Crippen LogP contribution in [-0.2, 0) is 14.3 Å². The lowest BCUT2D eigenvalue weighted by atomic mass is 9.98. The molecule has 2 amide bonds. The molecule has 0 aromatic heterocycles. The second kappa shape index (κ2) is 9.70. The number of carbonyl (C=O) groups excluding carboxylic acids is 2. The number of hydrogen-bond acceptors (Lipinski definition) is 5. The van der Waals surface area contributed by atoms with Gasteiger partial charge in [-0.05, 0) is 34.6 Å². The highest BCUT2D eigenvalue weighted by Gasteiger charge is 2.42. The van der Waals surface area contributed by atoms with Gasteiger partial charge in [0.2, 0.25) is 5.91 Å². The van der Waals surface area contributed by atoms with Gasteiger partial charge in [0.1, 0.15) is 12.6 Å². The first kappa shape index (κ1) is 23.4. The van der Waals surface area contributed by atoms with Crippen LogP contribution < -0.4 is 5.32 Å². The summed E-state index contributed by atoms with van der Waals surface area (Å²) in [6.45, 7) is 0.257. The van der Waals surface area contributed by atoms with E-state index in [1.165, 1.54) is 4.90 Å². The van der Waals surface area contributed by atoms with E-state index >= 15 is 0 Å². The quantitative estimate of drug-likeness (QED) is 0.537. The zero-order chi connectivity index (χ0) is 24.5. The minimum atomic E-state index is -1.12. The first-order chi connectivity index (χ1) is 16.9. The van der Waals surface area contributed by atoms with E-state index in [0.29, 0.717) is 12.3 Å². The maximum Gasteiger partial charge on any atom is 0.407 e. The van der Waals surface area contributed by atoms with Gasteiger partial charge in [-0.1, -0.05) is 61.4 Å². The summed E-state index contributed by atoms with van der Waals surface area (Å²) in [5.41, 5.74) is 4.53. The third-order valence-electron chi connectivity index (χ3n) is 7.35. The summed E-state index contributed by atoms with van der Waals surface area (Å²) in [7, 11) is 0. The predicted octanol–water partition coefficient (Wildman–Crippen LogP) is 2.99. The van der Waals surface area contributed by atoms with Crippen molar-refractivity contribution in [3.63, 3.8) is 0 Å². The molecule has 0 radical (unpaired) electrons. The number of carboxylic acids is 1. The summed E-state index contributed by atoms with van der Waals surface area (Å²) in [5, 5.41) is 22.1. The normalized spacial score (nSPS) is 21.8. The molecule has 0 bridgehead atoms. The number of ether oxygens (including phenoxy) is 1. The van der Waals surface area contributed by atoms with Crippen LogP contribution in [-0.4, -0.2) is 64.9 Å². The van der Waals surface area contributed by atoms with Gasteiger partial charge >= 0.3 is 12.1 Å². The van der Waals surface area contributed by atoms with Crippen LogP contribution >= 0.6 is 0 Å². The largest absolute Gasteiger partial charge is 0.480 e. The number of aliphatic hydroxyl groups is 1. The van der Waals surface area contributed by atoms with Gasteiger partial charge < -0.3 is 25.2 Å². The summed E-state index contributed by atoms with van der Waals surface area (Å²) in [6, 6.07) is 15.2. The van der Waals surface area contributed by atoms with Crippen LogP contribution in [0.5, 0.6) is 0 Å². The topological polar surface area (TPSA) is 116 Å². The number of rotatable bonds is 8. The van der Waals surface area contributed by atoms with Crippen LogP contribution in [0.2, 0.25) is 0 Å². The number of nitrogens with zero attached hydrogens (tertiary/aromatic N) is 1. The molecule has 0 spiro atoms. The van der Waals surface area contributed by atoms with Gasteiger partial charge in [-0.25, -0.2) is 9.59 Å². The van der Waals surface area contributed by atoms with E-state index in [1.54, 1.807) is 0 Å². The van der Waals surface area contributed by atoms with Crippen molar-refractivity contribution in [1.29, 1.82) is 0 Å². The fraction of sp³-hybridized carbons (Fsp3) is 0.444. The van der Waals surface area contributed by atoms with Crippen LogP contribution in [0.4, 0.5) is 4.79 Å². The molecular weight excluding hydrogens is 448 g/mol. The second-order valence-electron chi connectivity index (χ2n) is 9.82. The Morgan fingerprint density at radius 1 is 1.03 bits per heavy atom. The molecule has 2 aliphatic carbocycles. The number of aliphatic carboxylic acids is 1. The number of alkyl carbamates (subject to hydrolysis) is 1. The zero-order valence-corrected chi connectivity index (χ0v) is 19.4. The van der Waals surface area contributed by atoms with Crippen molar-refractivity contribution in [2.75, 3.05) is 19.7 Å². The maximum atomic E-state index is 13.2. The standard InChI is InChI=1S/C27H30N2O6/c30-18-12-24(26(32)33)29(14-18)25(31)17(11-16-9-10-16)13-28-27(34)35-15-23-21-7-3-1-5-19(21)20-6-2-4-8-22(20)23/h1-8,16-18,23-24,30H,9-15H2,(H,28,34)(H,32,33)/t17?,18?,24-/m0/s1. The Morgan fingerprint density at radius 2 is 1.66 bits per heavy atom. The number of β-amino-alcohol motifs (C(OH)–C–C–N with tert-alkyl or cyclic N) is 1. The summed E-state index contributed by atoms with van der Waals surface area (Å²) in [5.74, 6) is -1.65. The Labute approximate surface area is 203 Å². The number of amides is 2. The minimum absolute atomic E-state index is 0.00190. The maximum absolute atomic E-state index is 13.2. The number of benzene rings is 2. The number of nitrogens with one attached hydrogen (secondary N) is 1. The van der Waals surface area contributed by atoms with Crippen LogP contribution in [0, 0.1) is 11.8 Å². The molecule has 35 heavy (non-hydrogen) atoms. The molecule has 2 aromatic carbocycles. The molecule has 2 aromatic rings. The number of fused-ring (bicyclic) bond motifs is 3. The summed E-state index contributed by atoms with van der Waals surface area (Å²) in [4.78, 5) is 38.6. The highest BCUT2D eigenvalue weighted by atomic mass is 16.5. The van der Waals surface area contributed by atoms with Gasteiger partial charge in [0.15, 0.2) is 0 Å². The Kier molecular flexibility index (Phi) is 6.47. The molecule has 2 fully saturated rings. The highest BCUT2D eigenvalue weighted by Crippen LogP contribution is 2.44. The van der Waals surface area contributed by atoms with Gasteiger partial charge in [0.25, 0.3) is 0 Å². The van der Waals surface area contributed by atoms with Crippen LogP contribution in [0.25, 0.3) is 11.1 Å². The van der Waals surface area contributed by atoms with Gasteiger partial charge in [-0.15, -0.1) is 0 Å². The lowest BCUT2D eigenvalue weighted by molar-refractivity contribution is -0.150. The number of hydrogen-bond donors (Lipinski definition) is 3. The lowest BCUT2D eigenvalue weighted by Crippen LogP contribution is -2.46. The molecule has 3 aliphatic rings. The number of likely N-dealkylation sites (tertiary alicyclic amines) is 1. The Bertz CT molecular complexity index is 1080. The Balaban J connectivity index is 1.21. The minimum Gasteiger partial charge on any atom is -0.480 e. The van der Waals surface area contributed by atoms with Crippen molar-refractivity contribution in [3.05, 3.63) is 59.7 Å². The van der Waals surface area contributed by atoms with Crippen molar-refractivity contribution in [3.8, 4) is 11.1 Å². The SMILES string of the molecule is O=C(NCC(CC1CC1)C(=O)N1CC(O)C[C@H]1C(=O)O)OCC1c2ccccc2-c2ccccc21. The molecule has 184 valence electrons. The van der Waals surface area contributed by atoms with E-state index in [4.69, 9.17) is 4.74 Å². The lowest BCUT2D eigenvalue weighted by Gasteiger charge is -2.27. The van der Waals surface area contributed by atoms with E-state index in [-0.39, 0.29) is 37.9 Å². The molecular formula is C27H30N2O6. The van der Waals surface area contributed by atoms with Gasteiger partial charge in [0, 0.05) is 25.4 Å². The summed E-state index contributed by atoms with van der Waals surface area (Å²) in [6.07, 6.45) is 1.21. The summed E-state index contributed by atoms with van der Waals surface area (Å²) < 4.78 is 5.58. The van der Waals surface area contributed by atoms with Crippen molar-refractivity contribution >= 4 is 18.0 Å². The molecule has 8 nitrogen and oxygen atoms in total. The molecule has 5 rings (SSSR count).